The van der Waals surface area contributed by atoms with Gasteiger partial charge in [0.05, 0.1) is 35.5 Å². The number of esters is 1. The van der Waals surface area contributed by atoms with Crippen LogP contribution in [0.1, 0.15) is 22.3 Å². The van der Waals surface area contributed by atoms with Gasteiger partial charge in [0.15, 0.2) is 0 Å². The summed E-state index contributed by atoms with van der Waals surface area (Å²) in [5.74, 6) is -0.514. The number of benzene rings is 1. The van der Waals surface area contributed by atoms with E-state index in [0.29, 0.717) is 23.7 Å². The maximum Gasteiger partial charge on any atom is 0.341 e. The summed E-state index contributed by atoms with van der Waals surface area (Å²) < 4.78 is 6.26. The first-order valence-electron chi connectivity index (χ1n) is 9.96. The molecule has 0 saturated carbocycles. The highest BCUT2D eigenvalue weighted by molar-refractivity contribution is 7.18. The zero-order valence-corrected chi connectivity index (χ0v) is 18.4. The van der Waals surface area contributed by atoms with Crippen LogP contribution in [0.2, 0.25) is 0 Å². The number of fused-ring (bicyclic) bond motifs is 1. The Hall–Kier alpha value is -2.33. The Labute approximate surface area is 183 Å². The van der Waals surface area contributed by atoms with Crippen LogP contribution >= 0.6 is 22.7 Å². The molecule has 0 spiro atoms. The van der Waals surface area contributed by atoms with Crippen molar-refractivity contribution in [2.24, 2.45) is 0 Å². The van der Waals surface area contributed by atoms with E-state index in [-0.39, 0.29) is 5.91 Å². The number of hydrogen-bond donors (Lipinski definition) is 1. The van der Waals surface area contributed by atoms with E-state index < -0.39 is 5.97 Å². The maximum atomic E-state index is 12.5. The second kappa shape index (κ2) is 9.65. The normalized spacial score (nSPS) is 15.4. The van der Waals surface area contributed by atoms with Gasteiger partial charge >= 0.3 is 5.97 Å². The summed E-state index contributed by atoms with van der Waals surface area (Å²) in [5.41, 5.74) is 1.47. The van der Waals surface area contributed by atoms with Crippen molar-refractivity contribution in [3.8, 4) is 0 Å². The Morgan fingerprint density at radius 2 is 1.90 bits per heavy atom. The van der Waals surface area contributed by atoms with Gasteiger partial charge in [-0.25, -0.2) is 9.78 Å². The monoisotopic (exact) mass is 444 g/mol. The fourth-order valence-electron chi connectivity index (χ4n) is 3.43. The first-order valence-corrected chi connectivity index (χ1v) is 11.7. The fourth-order valence-corrected chi connectivity index (χ4v) is 5.23. The summed E-state index contributed by atoms with van der Waals surface area (Å²) in [7, 11) is 0. The third-order valence-electron chi connectivity index (χ3n) is 4.94. The van der Waals surface area contributed by atoms with Crippen LogP contribution in [0.5, 0.6) is 0 Å². The molecule has 1 aliphatic rings. The number of ether oxygens (including phenoxy) is 1. The molecule has 1 aromatic carbocycles. The molecule has 9 heteroatoms. The van der Waals surface area contributed by atoms with Crippen LogP contribution in [0.25, 0.3) is 10.2 Å². The van der Waals surface area contributed by atoms with Crippen LogP contribution in [0, 0.1) is 0 Å². The summed E-state index contributed by atoms with van der Waals surface area (Å²) in [4.78, 5) is 33.7. The van der Waals surface area contributed by atoms with Gasteiger partial charge in [0, 0.05) is 26.2 Å². The van der Waals surface area contributed by atoms with E-state index in [2.05, 4.69) is 21.2 Å². The lowest BCUT2D eigenvalue weighted by molar-refractivity contribution is -0.117. The van der Waals surface area contributed by atoms with Crippen molar-refractivity contribution in [1.82, 2.24) is 14.8 Å². The average Bonchev–Trinajstić information content (AvgIpc) is 3.36. The molecule has 30 heavy (non-hydrogen) atoms. The fraction of sp³-hybridized carbons (Fsp3) is 0.381. The summed E-state index contributed by atoms with van der Waals surface area (Å²) in [6, 6.07) is 9.89. The zero-order valence-electron chi connectivity index (χ0n) is 16.8. The molecule has 7 nitrogen and oxygen atoms in total. The smallest absolute Gasteiger partial charge is 0.341 e. The Morgan fingerprint density at radius 1 is 1.13 bits per heavy atom. The molecule has 0 aliphatic carbocycles. The van der Waals surface area contributed by atoms with Crippen molar-refractivity contribution in [2.45, 2.75) is 13.5 Å². The van der Waals surface area contributed by atoms with E-state index in [9.17, 15) is 9.59 Å². The summed E-state index contributed by atoms with van der Waals surface area (Å²) >= 11 is 3.08. The third-order valence-corrected chi connectivity index (χ3v) is 6.79. The molecule has 4 rings (SSSR count). The third kappa shape index (κ3) is 5.04. The minimum absolute atomic E-state index is 0.109. The molecule has 0 atom stereocenters. The molecule has 3 aromatic rings. The summed E-state index contributed by atoms with van der Waals surface area (Å²) in [5, 5.41) is 6.32. The molecule has 1 N–H and O–H groups in total. The van der Waals surface area contributed by atoms with Crippen molar-refractivity contribution < 1.29 is 14.3 Å². The number of hydrogen-bond acceptors (Lipinski definition) is 8. The number of aromatic nitrogens is 1. The van der Waals surface area contributed by atoms with E-state index in [0.717, 1.165) is 43.2 Å². The van der Waals surface area contributed by atoms with Gasteiger partial charge in [-0.3, -0.25) is 14.6 Å². The van der Waals surface area contributed by atoms with Crippen molar-refractivity contribution in [3.63, 3.8) is 0 Å². The number of thiophene rings is 1. The predicted octanol–water partition coefficient (Wildman–Crippen LogP) is 3.29. The highest BCUT2D eigenvalue weighted by Gasteiger charge is 2.21. The lowest BCUT2D eigenvalue weighted by atomic mass is 10.3. The quantitative estimate of drug-likeness (QED) is 0.564. The number of piperazine rings is 1. The minimum atomic E-state index is -0.405. The minimum Gasteiger partial charge on any atom is -0.462 e. The number of carbonyl (C=O) groups is 2. The van der Waals surface area contributed by atoms with E-state index in [4.69, 9.17) is 9.72 Å². The molecule has 0 radical (unpaired) electrons. The molecule has 1 aliphatic heterocycles. The zero-order chi connectivity index (χ0) is 20.9. The van der Waals surface area contributed by atoms with Gasteiger partial charge in [0.1, 0.15) is 10.0 Å². The maximum absolute atomic E-state index is 12.5. The first kappa shape index (κ1) is 20.9. The van der Waals surface area contributed by atoms with Crippen LogP contribution < -0.4 is 5.32 Å². The van der Waals surface area contributed by atoms with Crippen LogP contribution in [0.4, 0.5) is 5.00 Å². The van der Waals surface area contributed by atoms with E-state index in [1.165, 1.54) is 16.0 Å². The molecule has 1 saturated heterocycles. The number of para-hydroxylation sites is 1. The molecule has 0 bridgehead atoms. The van der Waals surface area contributed by atoms with Gasteiger partial charge in [-0.1, -0.05) is 12.1 Å². The SMILES string of the molecule is CCOC(=O)c1ccsc1NC(=O)CN1CCN(Cc2nc3ccccc3s2)CC1. The molecule has 1 fully saturated rings. The molecule has 1 amide bonds. The number of thiazole rings is 1. The Balaban J connectivity index is 1.25. The lowest BCUT2D eigenvalue weighted by Gasteiger charge is -2.33. The van der Waals surface area contributed by atoms with Crippen LogP contribution in [0.15, 0.2) is 35.7 Å². The number of carbonyl (C=O) groups excluding carboxylic acids is 2. The highest BCUT2D eigenvalue weighted by atomic mass is 32.1. The van der Waals surface area contributed by atoms with Gasteiger partial charge in [-0.05, 0) is 30.5 Å². The topological polar surface area (TPSA) is 74.8 Å². The van der Waals surface area contributed by atoms with Gasteiger partial charge in [0.25, 0.3) is 0 Å². The molecule has 0 unspecified atom stereocenters. The van der Waals surface area contributed by atoms with Gasteiger partial charge in [-0.15, -0.1) is 22.7 Å². The number of rotatable bonds is 7. The number of nitrogens with one attached hydrogen (secondary N) is 1. The standard InChI is InChI=1S/C21H24N4O3S2/c1-2-28-21(27)15-7-12-29-20(15)23-18(26)13-24-8-10-25(11-9-24)14-19-22-16-5-3-4-6-17(16)30-19/h3-7,12H,2,8-11,13-14H2,1H3,(H,23,26). The number of amides is 1. The first-order chi connectivity index (χ1) is 14.6. The van der Waals surface area contributed by atoms with Crippen molar-refractivity contribution in [2.75, 3.05) is 44.6 Å². The van der Waals surface area contributed by atoms with Gasteiger partial charge in [-0.2, -0.15) is 0 Å². The van der Waals surface area contributed by atoms with E-state index in [1.54, 1.807) is 29.7 Å². The molecular formula is C21H24N4O3S2. The van der Waals surface area contributed by atoms with E-state index in [1.807, 2.05) is 18.2 Å². The Morgan fingerprint density at radius 3 is 2.67 bits per heavy atom. The number of nitrogens with zero attached hydrogens (tertiary/aromatic N) is 3. The molecule has 3 heterocycles. The van der Waals surface area contributed by atoms with Crippen LogP contribution in [-0.4, -0.2) is 66.0 Å². The second-order valence-electron chi connectivity index (χ2n) is 7.06. The van der Waals surface area contributed by atoms with Crippen molar-refractivity contribution in [1.29, 1.82) is 0 Å². The lowest BCUT2D eigenvalue weighted by Crippen LogP contribution is -2.48. The van der Waals surface area contributed by atoms with Crippen molar-refractivity contribution >= 4 is 49.8 Å². The van der Waals surface area contributed by atoms with E-state index >= 15 is 0 Å². The summed E-state index contributed by atoms with van der Waals surface area (Å²) in [6.07, 6.45) is 0. The predicted molar refractivity (Wildman–Crippen MR) is 120 cm³/mol. The van der Waals surface area contributed by atoms with Crippen LogP contribution in [0.3, 0.4) is 0 Å². The Kier molecular flexibility index (Phi) is 6.73. The van der Waals surface area contributed by atoms with Crippen LogP contribution in [-0.2, 0) is 16.1 Å². The molecule has 158 valence electrons. The highest BCUT2D eigenvalue weighted by Crippen LogP contribution is 2.25. The van der Waals surface area contributed by atoms with Gasteiger partial charge < -0.3 is 10.1 Å². The average molecular weight is 445 g/mol. The Bertz CT molecular complexity index is 991. The second-order valence-corrected chi connectivity index (χ2v) is 9.09. The summed E-state index contributed by atoms with van der Waals surface area (Å²) in [6.45, 7) is 6.68. The van der Waals surface area contributed by atoms with Gasteiger partial charge in [0.2, 0.25) is 5.91 Å². The largest absolute Gasteiger partial charge is 0.462 e. The molecule has 2 aromatic heterocycles. The van der Waals surface area contributed by atoms with Crippen molar-refractivity contribution in [3.05, 3.63) is 46.3 Å². The number of anilines is 1. The molecular weight excluding hydrogens is 420 g/mol.